The summed E-state index contributed by atoms with van der Waals surface area (Å²) >= 11 is 1.57. The van der Waals surface area contributed by atoms with E-state index >= 15 is 0 Å². The number of aromatic amines is 1. The van der Waals surface area contributed by atoms with Crippen molar-refractivity contribution >= 4 is 21.2 Å². The average Bonchev–Trinajstić information content (AvgIpc) is 3.20. The third-order valence-corrected chi connectivity index (χ3v) is 5.74. The highest BCUT2D eigenvalue weighted by Gasteiger charge is 2.33. The second kappa shape index (κ2) is 5.61. The van der Waals surface area contributed by atoms with Gasteiger partial charge in [0.15, 0.2) is 0 Å². The van der Waals surface area contributed by atoms with Crippen LogP contribution in [0.4, 0.5) is 0 Å². The van der Waals surface area contributed by atoms with Gasteiger partial charge in [0.05, 0.1) is 0 Å². The van der Waals surface area contributed by atoms with Crippen LogP contribution in [0.15, 0.2) is 27.1 Å². The van der Waals surface area contributed by atoms with E-state index in [1.165, 1.54) is 6.92 Å². The van der Waals surface area contributed by atoms with Gasteiger partial charge in [-0.05, 0) is 18.4 Å². The van der Waals surface area contributed by atoms with Gasteiger partial charge in [0, 0.05) is 18.2 Å². The van der Waals surface area contributed by atoms with Gasteiger partial charge in [-0.3, -0.25) is 5.10 Å². The Hall–Kier alpha value is -2.07. The number of hydrogen-bond acceptors (Lipinski definition) is 8. The summed E-state index contributed by atoms with van der Waals surface area (Å²) in [6, 6.07) is 3.87. The topological polar surface area (TPSA) is 115 Å². The number of nitrogens with one attached hydrogen (secondary N) is 1. The maximum Gasteiger partial charge on any atom is 0.267 e. The highest BCUT2D eigenvalue weighted by molar-refractivity contribution is 7.91. The van der Waals surface area contributed by atoms with Crippen molar-refractivity contribution < 1.29 is 12.8 Å². The Morgan fingerprint density at radius 2 is 2.23 bits per heavy atom. The van der Waals surface area contributed by atoms with Gasteiger partial charge < -0.3 is 4.42 Å². The normalized spacial score (nSPS) is 13.4. The van der Waals surface area contributed by atoms with E-state index in [2.05, 4.69) is 25.4 Å². The second-order valence-electron chi connectivity index (χ2n) is 4.67. The van der Waals surface area contributed by atoms with E-state index in [9.17, 15) is 8.42 Å². The zero-order valence-electron chi connectivity index (χ0n) is 11.8. The molecule has 0 saturated heterocycles. The molecular weight excluding hydrogens is 326 g/mol. The van der Waals surface area contributed by atoms with Crippen molar-refractivity contribution in [2.45, 2.75) is 30.7 Å². The standard InChI is InChI=1S/C12H13N5O3S2/c1-7(11-16-14-8(2)20-11)22(18,19)12-13-10(15-17-12)6-9-4-3-5-21-9/h3-5,7H,6H2,1-2H3,(H,13,15,17)/t7-/m0/s1. The summed E-state index contributed by atoms with van der Waals surface area (Å²) in [5.41, 5.74) is 0. The van der Waals surface area contributed by atoms with Crippen molar-refractivity contribution in [3.8, 4) is 0 Å². The van der Waals surface area contributed by atoms with Gasteiger partial charge in [0.1, 0.15) is 11.1 Å². The molecule has 3 aromatic heterocycles. The van der Waals surface area contributed by atoms with Crippen LogP contribution in [0.5, 0.6) is 0 Å². The number of rotatable bonds is 5. The van der Waals surface area contributed by atoms with Gasteiger partial charge in [-0.2, -0.15) is 0 Å². The first-order valence-corrected chi connectivity index (χ1v) is 8.87. The molecule has 0 spiro atoms. The highest BCUT2D eigenvalue weighted by atomic mass is 32.2. The molecule has 3 rings (SSSR count). The Morgan fingerprint density at radius 1 is 1.41 bits per heavy atom. The second-order valence-corrected chi connectivity index (χ2v) is 7.86. The fraction of sp³-hybridized carbons (Fsp3) is 0.333. The van der Waals surface area contributed by atoms with Crippen LogP contribution in [-0.4, -0.2) is 33.8 Å². The minimum Gasteiger partial charge on any atom is -0.424 e. The lowest BCUT2D eigenvalue weighted by atomic mass is 10.3. The van der Waals surface area contributed by atoms with E-state index in [-0.39, 0.29) is 11.0 Å². The Labute approximate surface area is 130 Å². The van der Waals surface area contributed by atoms with Crippen molar-refractivity contribution in [3.63, 3.8) is 0 Å². The first-order valence-electron chi connectivity index (χ1n) is 6.44. The minimum atomic E-state index is -3.78. The molecule has 0 aliphatic carbocycles. The Balaban J connectivity index is 1.85. The number of aromatic nitrogens is 5. The van der Waals surface area contributed by atoms with Crippen LogP contribution in [0, 0.1) is 6.92 Å². The van der Waals surface area contributed by atoms with Crippen LogP contribution in [0.2, 0.25) is 0 Å². The van der Waals surface area contributed by atoms with Crippen LogP contribution in [0.1, 0.15) is 34.7 Å². The first-order chi connectivity index (χ1) is 10.5. The lowest BCUT2D eigenvalue weighted by Crippen LogP contribution is -2.13. The Morgan fingerprint density at radius 3 is 2.86 bits per heavy atom. The summed E-state index contributed by atoms with van der Waals surface area (Å²) in [7, 11) is -3.78. The largest absolute Gasteiger partial charge is 0.424 e. The summed E-state index contributed by atoms with van der Waals surface area (Å²) in [6.45, 7) is 3.07. The van der Waals surface area contributed by atoms with Crippen molar-refractivity contribution in [2.24, 2.45) is 0 Å². The van der Waals surface area contributed by atoms with Crippen LogP contribution < -0.4 is 0 Å². The van der Waals surface area contributed by atoms with Gasteiger partial charge >= 0.3 is 0 Å². The third-order valence-electron chi connectivity index (χ3n) is 3.04. The molecule has 0 bridgehead atoms. The molecule has 0 fully saturated rings. The summed E-state index contributed by atoms with van der Waals surface area (Å²) in [5.74, 6) is 0.836. The summed E-state index contributed by atoms with van der Waals surface area (Å²) in [4.78, 5) is 5.14. The van der Waals surface area contributed by atoms with Gasteiger partial charge in [-0.1, -0.05) is 6.07 Å². The summed E-state index contributed by atoms with van der Waals surface area (Å²) in [6.07, 6.45) is 0.508. The fourth-order valence-electron chi connectivity index (χ4n) is 1.83. The number of hydrogen-bond donors (Lipinski definition) is 1. The third kappa shape index (κ3) is 2.79. The molecule has 116 valence electrons. The van der Waals surface area contributed by atoms with Crippen molar-refractivity contribution in [2.75, 3.05) is 0 Å². The van der Waals surface area contributed by atoms with Gasteiger partial charge in [0.25, 0.3) is 5.16 Å². The van der Waals surface area contributed by atoms with Crippen molar-refractivity contribution in [1.82, 2.24) is 25.4 Å². The highest BCUT2D eigenvalue weighted by Crippen LogP contribution is 2.25. The quantitative estimate of drug-likeness (QED) is 0.752. The number of sulfone groups is 1. The number of aryl methyl sites for hydroxylation is 1. The molecule has 0 unspecified atom stereocenters. The van der Waals surface area contributed by atoms with Crippen molar-refractivity contribution in [1.29, 1.82) is 0 Å². The number of nitrogens with zero attached hydrogens (tertiary/aromatic N) is 4. The van der Waals surface area contributed by atoms with Crippen molar-refractivity contribution in [3.05, 3.63) is 40.0 Å². The van der Waals surface area contributed by atoms with E-state index in [0.29, 0.717) is 18.1 Å². The maximum atomic E-state index is 12.5. The van der Waals surface area contributed by atoms with E-state index in [4.69, 9.17) is 4.42 Å². The first kappa shape index (κ1) is 14.9. The van der Waals surface area contributed by atoms with E-state index in [1.54, 1.807) is 18.3 Å². The molecule has 0 radical (unpaired) electrons. The number of thiophene rings is 1. The molecule has 1 atom stereocenters. The zero-order valence-corrected chi connectivity index (χ0v) is 13.5. The van der Waals surface area contributed by atoms with E-state index in [1.807, 2.05) is 17.5 Å². The molecule has 3 heterocycles. The van der Waals surface area contributed by atoms with E-state index in [0.717, 1.165) is 4.88 Å². The SMILES string of the molecule is Cc1nnc([C@H](C)S(=O)(=O)c2n[nH]c(Cc3cccs3)n2)o1. The smallest absolute Gasteiger partial charge is 0.267 e. The zero-order chi connectivity index (χ0) is 15.7. The molecule has 1 N–H and O–H groups in total. The van der Waals surface area contributed by atoms with Gasteiger partial charge in [-0.25, -0.2) is 13.4 Å². The molecule has 0 aromatic carbocycles. The number of H-pyrrole nitrogens is 1. The van der Waals surface area contributed by atoms with Crippen LogP contribution in [0.3, 0.4) is 0 Å². The minimum absolute atomic E-state index is 0.0297. The molecule has 3 aromatic rings. The van der Waals surface area contributed by atoms with Crippen LogP contribution >= 0.6 is 11.3 Å². The maximum absolute atomic E-state index is 12.5. The fourth-order valence-corrected chi connectivity index (χ4v) is 3.63. The molecule has 0 aliphatic heterocycles. The average molecular weight is 339 g/mol. The Bertz CT molecular complexity index is 866. The molecule has 0 amide bonds. The monoisotopic (exact) mass is 339 g/mol. The van der Waals surface area contributed by atoms with Gasteiger partial charge in [-0.15, -0.1) is 26.6 Å². The Kier molecular flexibility index (Phi) is 3.79. The summed E-state index contributed by atoms with van der Waals surface area (Å²) < 4.78 is 30.2. The predicted molar refractivity (Wildman–Crippen MR) is 78.1 cm³/mol. The van der Waals surface area contributed by atoms with Gasteiger partial charge in [0.2, 0.25) is 21.6 Å². The van der Waals surface area contributed by atoms with E-state index < -0.39 is 15.1 Å². The molecule has 8 nitrogen and oxygen atoms in total. The molecule has 0 saturated carbocycles. The molecule has 0 aliphatic rings. The molecular formula is C12H13N5O3S2. The lowest BCUT2D eigenvalue weighted by Gasteiger charge is -2.04. The van der Waals surface area contributed by atoms with Crippen LogP contribution in [-0.2, 0) is 16.3 Å². The summed E-state index contributed by atoms with van der Waals surface area (Å²) in [5, 5.41) is 14.5. The molecule has 22 heavy (non-hydrogen) atoms. The molecule has 10 heteroatoms. The lowest BCUT2D eigenvalue weighted by molar-refractivity contribution is 0.460. The van der Waals surface area contributed by atoms with Crippen LogP contribution in [0.25, 0.3) is 0 Å². The predicted octanol–water partition coefficient (Wildman–Crippen LogP) is 1.68.